The molecule has 2 aromatic rings. The molecule has 0 saturated carbocycles. The molecular weight excluding hydrogens is 316 g/mol. The fourth-order valence-electron chi connectivity index (χ4n) is 2.40. The number of benzene rings is 2. The highest BCUT2D eigenvalue weighted by Gasteiger charge is 2.05. The first-order valence-electron chi connectivity index (χ1n) is 8.41. The lowest BCUT2D eigenvalue weighted by molar-refractivity contribution is 1.10. The summed E-state index contributed by atoms with van der Waals surface area (Å²) >= 11 is 3.86. The Labute approximate surface area is 149 Å². The molecule has 0 aliphatic rings. The third-order valence-electron chi connectivity index (χ3n) is 3.57. The molecule has 0 fully saturated rings. The van der Waals surface area contributed by atoms with Crippen molar-refractivity contribution in [3.63, 3.8) is 0 Å². The summed E-state index contributed by atoms with van der Waals surface area (Å²) in [6, 6.07) is 17.9. The lowest BCUT2D eigenvalue weighted by atomic mass is 9.98. The second-order valence-corrected chi connectivity index (χ2v) is 7.78. The van der Waals surface area contributed by atoms with Gasteiger partial charge in [0.25, 0.3) is 0 Å². The van der Waals surface area contributed by atoms with Gasteiger partial charge in [-0.2, -0.15) is 0 Å². The van der Waals surface area contributed by atoms with Gasteiger partial charge < -0.3 is 0 Å². The van der Waals surface area contributed by atoms with E-state index in [1.54, 1.807) is 0 Å². The molecule has 0 atom stereocenters. The van der Waals surface area contributed by atoms with Crippen molar-refractivity contribution >= 4 is 29.1 Å². The topological polar surface area (TPSA) is 0 Å². The zero-order valence-corrected chi connectivity index (χ0v) is 16.0. The summed E-state index contributed by atoms with van der Waals surface area (Å²) in [6.07, 6.45) is 4.65. The van der Waals surface area contributed by atoms with E-state index in [1.807, 2.05) is 23.5 Å². The second kappa shape index (κ2) is 9.89. The Hall–Kier alpha value is -1.12. The van der Waals surface area contributed by atoms with Gasteiger partial charge >= 0.3 is 0 Å². The number of hydrogen-bond donors (Lipinski definition) is 0. The molecule has 0 aliphatic heterocycles. The van der Waals surface area contributed by atoms with Gasteiger partial charge in [0, 0.05) is 9.79 Å². The van der Waals surface area contributed by atoms with Crippen LogP contribution in [0.1, 0.15) is 44.7 Å². The Balaban J connectivity index is 2.13. The highest BCUT2D eigenvalue weighted by Crippen LogP contribution is 2.28. The maximum absolute atomic E-state index is 2.24. The van der Waals surface area contributed by atoms with Crippen molar-refractivity contribution in [1.82, 2.24) is 0 Å². The Kier molecular flexibility index (Phi) is 7.84. The molecule has 2 rings (SSSR count). The predicted octanol–water partition coefficient (Wildman–Crippen LogP) is 7.14. The van der Waals surface area contributed by atoms with Gasteiger partial charge in [0.15, 0.2) is 0 Å². The Bertz CT molecular complexity index is 556. The van der Waals surface area contributed by atoms with Crippen LogP contribution in [0.4, 0.5) is 0 Å². The minimum Gasteiger partial charge on any atom is -0.126 e. The number of rotatable bonds is 8. The van der Waals surface area contributed by atoms with Crippen LogP contribution >= 0.6 is 23.5 Å². The van der Waals surface area contributed by atoms with Crippen molar-refractivity contribution in [3.8, 4) is 0 Å². The summed E-state index contributed by atoms with van der Waals surface area (Å²) in [5.41, 5.74) is 3.90. The Morgan fingerprint density at radius 2 is 1.13 bits per heavy atom. The first-order chi connectivity index (χ1) is 11.3. The van der Waals surface area contributed by atoms with Crippen molar-refractivity contribution in [3.05, 3.63) is 65.7 Å². The molecule has 23 heavy (non-hydrogen) atoms. The molecule has 0 aliphatic carbocycles. The van der Waals surface area contributed by atoms with E-state index >= 15 is 0 Å². The van der Waals surface area contributed by atoms with E-state index in [0.717, 1.165) is 0 Å². The van der Waals surface area contributed by atoms with Crippen molar-refractivity contribution in [1.29, 1.82) is 0 Å². The molecule has 0 bridgehead atoms. The molecule has 122 valence electrons. The molecule has 0 amide bonds. The lowest BCUT2D eigenvalue weighted by Gasteiger charge is -2.10. The van der Waals surface area contributed by atoms with Crippen LogP contribution in [0, 0.1) is 0 Å². The van der Waals surface area contributed by atoms with Gasteiger partial charge in [0.05, 0.1) is 0 Å². The first-order valence-corrected chi connectivity index (χ1v) is 10.4. The van der Waals surface area contributed by atoms with Crippen LogP contribution in [0.5, 0.6) is 0 Å². The molecule has 0 unspecified atom stereocenters. The summed E-state index contributed by atoms with van der Waals surface area (Å²) in [6.45, 7) is 6.57. The van der Waals surface area contributed by atoms with E-state index in [2.05, 4.69) is 75.4 Å². The predicted molar refractivity (Wildman–Crippen MR) is 108 cm³/mol. The van der Waals surface area contributed by atoms with Crippen LogP contribution in [0.2, 0.25) is 0 Å². The third-order valence-corrected chi connectivity index (χ3v) is 6.00. The molecular formula is C21H26S2. The van der Waals surface area contributed by atoms with Gasteiger partial charge in [-0.15, -0.1) is 23.5 Å². The summed E-state index contributed by atoms with van der Waals surface area (Å²) in [4.78, 5) is 2.72. The minimum absolute atomic E-state index is 1.19. The summed E-state index contributed by atoms with van der Waals surface area (Å²) < 4.78 is 0. The first kappa shape index (κ1) is 18.2. The van der Waals surface area contributed by atoms with Gasteiger partial charge in [-0.25, -0.2) is 0 Å². The van der Waals surface area contributed by atoms with Crippen molar-refractivity contribution in [2.24, 2.45) is 0 Å². The van der Waals surface area contributed by atoms with Crippen LogP contribution in [-0.2, 0) is 0 Å². The van der Waals surface area contributed by atoms with E-state index in [9.17, 15) is 0 Å². The van der Waals surface area contributed by atoms with Gasteiger partial charge in [-0.3, -0.25) is 0 Å². The van der Waals surface area contributed by atoms with Crippen LogP contribution in [-0.4, -0.2) is 11.5 Å². The smallest absolute Gasteiger partial charge is 0.00723 e. The van der Waals surface area contributed by atoms with Crippen molar-refractivity contribution in [2.75, 3.05) is 11.5 Å². The highest BCUT2D eigenvalue weighted by molar-refractivity contribution is 7.99. The Morgan fingerprint density at radius 3 is 1.43 bits per heavy atom. The molecule has 0 aromatic heterocycles. The average molecular weight is 343 g/mol. The van der Waals surface area contributed by atoms with Crippen LogP contribution in [0.25, 0.3) is 5.57 Å². The van der Waals surface area contributed by atoms with Gasteiger partial charge in [-0.1, -0.05) is 44.2 Å². The zero-order valence-electron chi connectivity index (χ0n) is 14.3. The van der Waals surface area contributed by atoms with E-state index < -0.39 is 0 Å². The van der Waals surface area contributed by atoms with E-state index in [0.29, 0.717) is 0 Å². The minimum atomic E-state index is 1.19. The average Bonchev–Trinajstić information content (AvgIpc) is 2.61. The van der Waals surface area contributed by atoms with Gasteiger partial charge in [0.2, 0.25) is 0 Å². The van der Waals surface area contributed by atoms with Gasteiger partial charge in [-0.05, 0) is 72.2 Å². The molecule has 0 radical (unpaired) electrons. The number of allylic oxidation sites excluding steroid dienone is 1. The van der Waals surface area contributed by atoms with Crippen LogP contribution in [0.15, 0.2) is 64.4 Å². The monoisotopic (exact) mass is 342 g/mol. The molecule has 0 N–H and O–H groups in total. The Morgan fingerprint density at radius 1 is 0.739 bits per heavy atom. The quantitative estimate of drug-likeness (QED) is 0.467. The maximum atomic E-state index is 2.24. The summed E-state index contributed by atoms with van der Waals surface area (Å²) in [5, 5.41) is 0. The second-order valence-electron chi connectivity index (χ2n) is 5.45. The van der Waals surface area contributed by atoms with Crippen molar-refractivity contribution in [2.45, 2.75) is 43.4 Å². The standard InChI is InChI=1S/C21H26S2/c1-4-15-22-19-11-7-17(8-12-19)21(6-3)18-9-13-20(14-10-18)23-16-5-2/h6-14H,4-5,15-16H2,1-3H3. The van der Waals surface area contributed by atoms with E-state index in [-0.39, 0.29) is 0 Å². The normalized spacial score (nSPS) is 10.6. The third kappa shape index (κ3) is 5.47. The van der Waals surface area contributed by atoms with Gasteiger partial charge in [0.1, 0.15) is 0 Å². The largest absolute Gasteiger partial charge is 0.126 e. The molecule has 0 nitrogen and oxygen atoms in total. The molecule has 0 heterocycles. The van der Waals surface area contributed by atoms with Crippen molar-refractivity contribution < 1.29 is 0 Å². The molecule has 0 saturated heterocycles. The maximum Gasteiger partial charge on any atom is 0.00723 e. The van der Waals surface area contributed by atoms with E-state index in [4.69, 9.17) is 0 Å². The highest BCUT2D eigenvalue weighted by atomic mass is 32.2. The summed E-state index contributed by atoms with van der Waals surface area (Å²) in [7, 11) is 0. The molecule has 2 aromatic carbocycles. The summed E-state index contributed by atoms with van der Waals surface area (Å²) in [5.74, 6) is 2.37. The molecule has 0 spiro atoms. The van der Waals surface area contributed by atoms with Crippen LogP contribution in [0.3, 0.4) is 0 Å². The number of thioether (sulfide) groups is 2. The molecule has 2 heteroatoms. The zero-order chi connectivity index (χ0) is 16.5. The fourth-order valence-corrected chi connectivity index (χ4v) is 3.94. The number of hydrogen-bond acceptors (Lipinski definition) is 2. The SMILES string of the molecule is CC=C(c1ccc(SCCC)cc1)c1ccc(SCCC)cc1. The lowest BCUT2D eigenvalue weighted by Crippen LogP contribution is -1.88. The van der Waals surface area contributed by atoms with Crippen LogP contribution < -0.4 is 0 Å². The van der Waals surface area contributed by atoms with E-state index in [1.165, 1.54) is 50.8 Å². The fraction of sp³-hybridized carbons (Fsp3) is 0.333.